The molecule has 1 aromatic heterocycles. The second-order valence-corrected chi connectivity index (χ2v) is 4.74. The van der Waals surface area contributed by atoms with Crippen LogP contribution in [0.25, 0.3) is 0 Å². The normalized spacial score (nSPS) is 14.6. The predicted octanol–water partition coefficient (Wildman–Crippen LogP) is 0.876. The van der Waals surface area contributed by atoms with E-state index in [0.29, 0.717) is 32.3 Å². The summed E-state index contributed by atoms with van der Waals surface area (Å²) in [5, 5.41) is 0. The fraction of sp³-hybridized carbons (Fsp3) is 0.571. The summed E-state index contributed by atoms with van der Waals surface area (Å²) in [6.07, 6.45) is 4.03. The van der Waals surface area contributed by atoms with Crippen LogP contribution in [0, 0.1) is 0 Å². The van der Waals surface area contributed by atoms with Crippen molar-refractivity contribution in [3.63, 3.8) is 0 Å². The van der Waals surface area contributed by atoms with Gasteiger partial charge < -0.3 is 9.30 Å². The number of nitrogens with zero attached hydrogens (tertiary/aromatic N) is 2. The smallest absolute Gasteiger partial charge is 0.320 e. The van der Waals surface area contributed by atoms with Crippen LogP contribution in [0.1, 0.15) is 19.8 Å². The van der Waals surface area contributed by atoms with Gasteiger partial charge in [-0.2, -0.15) is 0 Å². The molecule has 1 heterocycles. The lowest BCUT2D eigenvalue weighted by Gasteiger charge is -2.21. The van der Waals surface area contributed by atoms with E-state index in [0.717, 1.165) is 12.8 Å². The van der Waals surface area contributed by atoms with Crippen molar-refractivity contribution in [3.05, 3.63) is 34.7 Å². The molecule has 0 bridgehead atoms. The van der Waals surface area contributed by atoms with E-state index in [-0.39, 0.29) is 11.5 Å². The number of carbonyl (C=O) groups excluding carboxylic acids is 1. The molecule has 0 N–H and O–H groups in total. The maximum atomic E-state index is 11.6. The van der Waals surface area contributed by atoms with Crippen LogP contribution in [0.2, 0.25) is 0 Å². The Balaban J connectivity index is 1.89. The first-order chi connectivity index (χ1) is 9.20. The lowest BCUT2D eigenvalue weighted by atomic mass is 10.4. The zero-order chi connectivity index (χ0) is 13.7. The maximum absolute atomic E-state index is 11.6. The Labute approximate surface area is 112 Å². The molecule has 0 unspecified atom stereocenters. The first kappa shape index (κ1) is 13.8. The number of carbonyl (C=O) groups is 1. The van der Waals surface area contributed by atoms with Gasteiger partial charge in [-0.05, 0) is 25.8 Å². The molecule has 0 aromatic carbocycles. The summed E-state index contributed by atoms with van der Waals surface area (Å²) in [6, 6.07) is 5.60. The number of hydrogen-bond acceptors (Lipinski definition) is 4. The van der Waals surface area contributed by atoms with E-state index in [2.05, 4.69) is 4.90 Å². The number of pyridine rings is 1. The van der Waals surface area contributed by atoms with Crippen molar-refractivity contribution in [1.29, 1.82) is 0 Å². The molecule has 1 aliphatic rings. The fourth-order valence-corrected chi connectivity index (χ4v) is 2.08. The van der Waals surface area contributed by atoms with Gasteiger partial charge in [-0.25, -0.2) is 0 Å². The Morgan fingerprint density at radius 1 is 1.47 bits per heavy atom. The van der Waals surface area contributed by atoms with Crippen molar-refractivity contribution in [3.8, 4) is 0 Å². The number of aromatic nitrogens is 1. The van der Waals surface area contributed by atoms with Crippen molar-refractivity contribution >= 4 is 5.97 Å². The third-order valence-corrected chi connectivity index (χ3v) is 3.23. The summed E-state index contributed by atoms with van der Waals surface area (Å²) >= 11 is 0. The quantitative estimate of drug-likeness (QED) is 0.686. The van der Waals surface area contributed by atoms with Crippen molar-refractivity contribution < 1.29 is 9.53 Å². The summed E-state index contributed by atoms with van der Waals surface area (Å²) in [5.74, 6) is -0.185. The van der Waals surface area contributed by atoms with Gasteiger partial charge in [0.1, 0.15) is 0 Å². The minimum absolute atomic E-state index is 0.00520. The van der Waals surface area contributed by atoms with Gasteiger partial charge in [0.25, 0.3) is 5.56 Å². The van der Waals surface area contributed by atoms with Crippen LogP contribution in [0.5, 0.6) is 0 Å². The van der Waals surface area contributed by atoms with Gasteiger partial charge >= 0.3 is 5.97 Å². The average molecular weight is 264 g/mol. The molecular weight excluding hydrogens is 244 g/mol. The second-order valence-electron chi connectivity index (χ2n) is 4.74. The molecule has 104 valence electrons. The van der Waals surface area contributed by atoms with Gasteiger partial charge in [0.05, 0.1) is 13.2 Å². The molecular formula is C14H20N2O3. The van der Waals surface area contributed by atoms with E-state index in [1.807, 2.05) is 13.0 Å². The summed E-state index contributed by atoms with van der Waals surface area (Å²) in [5.41, 5.74) is -0.00520. The van der Waals surface area contributed by atoms with Crippen LogP contribution in [-0.4, -0.2) is 41.2 Å². The van der Waals surface area contributed by atoms with Crippen LogP contribution in [-0.2, 0) is 16.1 Å². The fourth-order valence-electron chi connectivity index (χ4n) is 2.08. The number of hydrogen-bond donors (Lipinski definition) is 0. The Kier molecular flexibility index (Phi) is 4.74. The highest BCUT2D eigenvalue weighted by Crippen LogP contribution is 2.26. The minimum Gasteiger partial charge on any atom is -0.465 e. The zero-order valence-electron chi connectivity index (χ0n) is 11.2. The summed E-state index contributed by atoms with van der Waals surface area (Å²) < 4.78 is 6.64. The van der Waals surface area contributed by atoms with Gasteiger partial charge in [0.15, 0.2) is 0 Å². The first-order valence-corrected chi connectivity index (χ1v) is 6.76. The first-order valence-electron chi connectivity index (χ1n) is 6.76. The van der Waals surface area contributed by atoms with Gasteiger partial charge in [-0.1, -0.05) is 6.07 Å². The molecule has 1 fully saturated rings. The summed E-state index contributed by atoms with van der Waals surface area (Å²) in [4.78, 5) is 25.2. The maximum Gasteiger partial charge on any atom is 0.320 e. The van der Waals surface area contributed by atoms with E-state index in [1.165, 1.54) is 0 Å². The van der Waals surface area contributed by atoms with Crippen LogP contribution in [0.15, 0.2) is 29.2 Å². The highest BCUT2D eigenvalue weighted by molar-refractivity contribution is 5.71. The van der Waals surface area contributed by atoms with E-state index >= 15 is 0 Å². The van der Waals surface area contributed by atoms with Crippen molar-refractivity contribution in [2.24, 2.45) is 0 Å². The molecule has 0 spiro atoms. The molecule has 1 aliphatic carbocycles. The molecule has 0 amide bonds. The average Bonchev–Trinajstić information content (AvgIpc) is 3.20. The Hall–Kier alpha value is -1.62. The topological polar surface area (TPSA) is 51.5 Å². The third-order valence-electron chi connectivity index (χ3n) is 3.23. The lowest BCUT2D eigenvalue weighted by Crippen LogP contribution is -2.36. The number of rotatable bonds is 7. The SMILES string of the molecule is CCOC(=O)CN(CCn1ccccc1=O)C1CC1. The Morgan fingerprint density at radius 3 is 2.89 bits per heavy atom. The summed E-state index contributed by atoms with van der Waals surface area (Å²) in [6.45, 7) is 3.85. The monoisotopic (exact) mass is 264 g/mol. The minimum atomic E-state index is -0.185. The lowest BCUT2D eigenvalue weighted by molar-refractivity contribution is -0.144. The summed E-state index contributed by atoms with van der Waals surface area (Å²) in [7, 11) is 0. The molecule has 0 aliphatic heterocycles. The number of ether oxygens (including phenoxy) is 1. The van der Waals surface area contributed by atoms with E-state index in [1.54, 1.807) is 22.9 Å². The molecule has 19 heavy (non-hydrogen) atoms. The molecule has 1 saturated carbocycles. The molecule has 5 heteroatoms. The van der Waals surface area contributed by atoms with Crippen molar-refractivity contribution in [1.82, 2.24) is 9.47 Å². The molecule has 0 saturated heterocycles. The molecule has 1 aromatic rings. The van der Waals surface area contributed by atoms with Crippen LogP contribution in [0.4, 0.5) is 0 Å². The predicted molar refractivity (Wildman–Crippen MR) is 71.9 cm³/mol. The van der Waals surface area contributed by atoms with E-state index < -0.39 is 0 Å². The molecule has 0 radical (unpaired) electrons. The highest BCUT2D eigenvalue weighted by atomic mass is 16.5. The third kappa shape index (κ3) is 4.21. The van der Waals surface area contributed by atoms with Gasteiger partial charge in [-0.3, -0.25) is 14.5 Å². The van der Waals surface area contributed by atoms with Crippen LogP contribution in [0.3, 0.4) is 0 Å². The van der Waals surface area contributed by atoms with Crippen LogP contribution < -0.4 is 5.56 Å². The highest BCUT2D eigenvalue weighted by Gasteiger charge is 2.30. The Bertz CT molecular complexity index is 480. The Morgan fingerprint density at radius 2 is 2.26 bits per heavy atom. The standard InChI is InChI=1S/C14H20N2O3/c1-2-19-14(18)11-16(12-6-7-12)10-9-15-8-4-3-5-13(15)17/h3-5,8,12H,2,6-7,9-11H2,1H3. The van der Waals surface area contributed by atoms with E-state index in [9.17, 15) is 9.59 Å². The van der Waals surface area contributed by atoms with Crippen molar-refractivity contribution in [2.75, 3.05) is 19.7 Å². The number of esters is 1. The molecule has 5 nitrogen and oxygen atoms in total. The van der Waals surface area contributed by atoms with Gasteiger partial charge in [-0.15, -0.1) is 0 Å². The van der Waals surface area contributed by atoms with Crippen LogP contribution >= 0.6 is 0 Å². The largest absolute Gasteiger partial charge is 0.465 e. The van der Waals surface area contributed by atoms with Crippen molar-refractivity contribution in [2.45, 2.75) is 32.4 Å². The van der Waals surface area contributed by atoms with Gasteiger partial charge in [0.2, 0.25) is 0 Å². The van der Waals surface area contributed by atoms with Gasteiger partial charge in [0, 0.05) is 31.4 Å². The molecule has 0 atom stereocenters. The van der Waals surface area contributed by atoms with E-state index in [4.69, 9.17) is 4.74 Å². The molecule has 2 rings (SSSR count). The zero-order valence-corrected chi connectivity index (χ0v) is 11.2. The second kappa shape index (κ2) is 6.52.